The number of nitrogens with zero attached hydrogens (tertiary/aromatic N) is 3. The number of piperazine rings is 1. The lowest BCUT2D eigenvalue weighted by Gasteiger charge is -2.42. The maximum atomic E-state index is 11.8. The lowest BCUT2D eigenvalue weighted by atomic mass is 9.98. The van der Waals surface area contributed by atoms with Gasteiger partial charge in [-0.15, -0.1) is 10.2 Å². The molecule has 0 saturated carbocycles. The summed E-state index contributed by atoms with van der Waals surface area (Å²) in [5, 5.41) is 10.7. The smallest absolute Gasteiger partial charge is 0.245 e. The van der Waals surface area contributed by atoms with Gasteiger partial charge in [0.2, 0.25) is 5.91 Å². The van der Waals surface area contributed by atoms with Crippen LogP contribution in [0.1, 0.15) is 13.8 Å². The molecule has 0 aromatic carbocycles. The number of anilines is 1. The summed E-state index contributed by atoms with van der Waals surface area (Å²) < 4.78 is 0. The van der Waals surface area contributed by atoms with Crippen molar-refractivity contribution in [1.29, 1.82) is 0 Å². The van der Waals surface area contributed by atoms with E-state index < -0.39 is 5.54 Å². The van der Waals surface area contributed by atoms with Crippen molar-refractivity contribution in [1.82, 2.24) is 15.5 Å². The molecule has 0 aliphatic carbocycles. The van der Waals surface area contributed by atoms with E-state index in [1.165, 1.54) is 0 Å². The van der Waals surface area contributed by atoms with E-state index in [0.717, 1.165) is 0 Å². The molecule has 1 N–H and O–H groups in total. The first-order valence-electron chi connectivity index (χ1n) is 5.17. The van der Waals surface area contributed by atoms with Crippen LogP contribution in [0.15, 0.2) is 6.07 Å². The largest absolute Gasteiger partial charge is 0.353 e. The Hall–Kier alpha value is -1.07. The fourth-order valence-electron chi connectivity index (χ4n) is 1.85. The Balaban J connectivity index is 2.44. The van der Waals surface area contributed by atoms with E-state index in [2.05, 4.69) is 15.5 Å². The zero-order valence-electron chi connectivity index (χ0n) is 9.50. The summed E-state index contributed by atoms with van der Waals surface area (Å²) in [6.45, 7) is 4.87. The van der Waals surface area contributed by atoms with E-state index in [0.29, 0.717) is 18.8 Å². The number of carbonyl (C=O) groups excluding carboxylic acids is 1. The SMILES string of the molecule is CC1(C)C(=O)NCCN1c1cc(Cl)nnc1Cl. The van der Waals surface area contributed by atoms with Crippen molar-refractivity contribution in [2.75, 3.05) is 18.0 Å². The average Bonchev–Trinajstić information content (AvgIpc) is 2.26. The van der Waals surface area contributed by atoms with Crippen LogP contribution in [-0.4, -0.2) is 34.7 Å². The molecule has 0 atom stereocenters. The summed E-state index contributed by atoms with van der Waals surface area (Å²) in [7, 11) is 0. The molecule has 1 fully saturated rings. The van der Waals surface area contributed by atoms with Gasteiger partial charge < -0.3 is 10.2 Å². The second-order valence-corrected chi connectivity index (χ2v) is 5.05. The van der Waals surface area contributed by atoms with Crippen LogP contribution >= 0.6 is 23.2 Å². The molecule has 0 bridgehead atoms. The second kappa shape index (κ2) is 4.31. The lowest BCUT2D eigenvalue weighted by Crippen LogP contribution is -2.62. The summed E-state index contributed by atoms with van der Waals surface area (Å²) in [5.41, 5.74) is -0.0552. The maximum Gasteiger partial charge on any atom is 0.245 e. The molecule has 1 aliphatic heterocycles. The molecule has 5 nitrogen and oxygen atoms in total. The molecule has 1 aromatic rings. The van der Waals surface area contributed by atoms with Gasteiger partial charge >= 0.3 is 0 Å². The van der Waals surface area contributed by atoms with Crippen molar-refractivity contribution in [2.24, 2.45) is 0 Å². The fraction of sp³-hybridized carbons (Fsp3) is 0.500. The fourth-order valence-corrected chi connectivity index (χ4v) is 2.19. The molecular weight excluding hydrogens is 263 g/mol. The topological polar surface area (TPSA) is 58.1 Å². The predicted molar refractivity (Wildman–Crippen MR) is 66.5 cm³/mol. The lowest BCUT2D eigenvalue weighted by molar-refractivity contribution is -0.126. The molecule has 2 rings (SSSR count). The van der Waals surface area contributed by atoms with Crippen LogP contribution in [-0.2, 0) is 4.79 Å². The Bertz CT molecular complexity index is 464. The summed E-state index contributed by atoms with van der Waals surface area (Å²) in [4.78, 5) is 13.7. The Morgan fingerprint density at radius 2 is 2.12 bits per heavy atom. The maximum absolute atomic E-state index is 11.8. The highest BCUT2D eigenvalue weighted by atomic mass is 35.5. The highest BCUT2D eigenvalue weighted by Crippen LogP contribution is 2.31. The highest BCUT2D eigenvalue weighted by Gasteiger charge is 2.38. The molecule has 92 valence electrons. The number of hydrogen-bond donors (Lipinski definition) is 1. The Morgan fingerprint density at radius 1 is 1.41 bits per heavy atom. The normalized spacial score (nSPS) is 19.1. The molecule has 1 saturated heterocycles. The minimum absolute atomic E-state index is 0.0484. The minimum atomic E-state index is -0.686. The first-order valence-corrected chi connectivity index (χ1v) is 5.93. The van der Waals surface area contributed by atoms with Gasteiger partial charge in [0.05, 0.1) is 5.69 Å². The number of nitrogens with one attached hydrogen (secondary N) is 1. The number of carbonyl (C=O) groups is 1. The molecule has 2 heterocycles. The van der Waals surface area contributed by atoms with Crippen molar-refractivity contribution in [3.05, 3.63) is 16.4 Å². The van der Waals surface area contributed by atoms with E-state index in [1.54, 1.807) is 6.07 Å². The third-order valence-corrected chi connectivity index (χ3v) is 3.30. The van der Waals surface area contributed by atoms with E-state index in [1.807, 2.05) is 18.7 Å². The predicted octanol–water partition coefficient (Wildman–Crippen LogP) is 1.50. The molecule has 0 unspecified atom stereocenters. The Morgan fingerprint density at radius 3 is 2.82 bits per heavy atom. The quantitative estimate of drug-likeness (QED) is 0.843. The van der Waals surface area contributed by atoms with Gasteiger partial charge in [0, 0.05) is 19.2 Å². The van der Waals surface area contributed by atoms with Crippen molar-refractivity contribution >= 4 is 34.8 Å². The van der Waals surface area contributed by atoms with Crippen LogP contribution in [0.4, 0.5) is 5.69 Å². The third-order valence-electron chi connectivity index (χ3n) is 2.84. The molecular formula is C10H12Cl2N4O. The monoisotopic (exact) mass is 274 g/mol. The van der Waals surface area contributed by atoms with Gasteiger partial charge in [-0.25, -0.2) is 0 Å². The first kappa shape index (κ1) is 12.4. The summed E-state index contributed by atoms with van der Waals surface area (Å²) in [6.07, 6.45) is 0. The first-order chi connectivity index (χ1) is 7.93. The van der Waals surface area contributed by atoms with Crippen molar-refractivity contribution in [2.45, 2.75) is 19.4 Å². The molecule has 7 heteroatoms. The Labute approximate surface area is 109 Å². The second-order valence-electron chi connectivity index (χ2n) is 4.31. The average molecular weight is 275 g/mol. The van der Waals surface area contributed by atoms with Crippen LogP contribution in [0.5, 0.6) is 0 Å². The summed E-state index contributed by atoms with van der Waals surface area (Å²) >= 11 is 11.8. The van der Waals surface area contributed by atoms with Crippen LogP contribution in [0.3, 0.4) is 0 Å². The van der Waals surface area contributed by atoms with Gasteiger partial charge in [-0.2, -0.15) is 0 Å². The van der Waals surface area contributed by atoms with E-state index in [4.69, 9.17) is 23.2 Å². The molecule has 1 aliphatic rings. The van der Waals surface area contributed by atoms with Gasteiger partial charge in [-0.3, -0.25) is 4.79 Å². The number of aromatic nitrogens is 2. The van der Waals surface area contributed by atoms with E-state index in [9.17, 15) is 4.79 Å². The van der Waals surface area contributed by atoms with Crippen molar-refractivity contribution in [3.63, 3.8) is 0 Å². The van der Waals surface area contributed by atoms with Crippen molar-refractivity contribution in [3.8, 4) is 0 Å². The number of halogens is 2. The standard InChI is InChI=1S/C10H12Cl2N4O/c1-10(2)9(17)13-3-4-16(10)6-5-7(11)14-15-8(6)12/h5H,3-4H2,1-2H3,(H,13,17). The summed E-state index contributed by atoms with van der Waals surface area (Å²) in [6, 6.07) is 1.62. The van der Waals surface area contributed by atoms with Crippen LogP contribution in [0, 0.1) is 0 Å². The van der Waals surface area contributed by atoms with E-state index in [-0.39, 0.29) is 16.2 Å². The minimum Gasteiger partial charge on any atom is -0.353 e. The van der Waals surface area contributed by atoms with Gasteiger partial charge in [0.15, 0.2) is 10.3 Å². The number of hydrogen-bond acceptors (Lipinski definition) is 4. The van der Waals surface area contributed by atoms with Gasteiger partial charge in [-0.05, 0) is 13.8 Å². The van der Waals surface area contributed by atoms with Gasteiger partial charge in [0.1, 0.15) is 5.54 Å². The van der Waals surface area contributed by atoms with Gasteiger partial charge in [0.25, 0.3) is 0 Å². The van der Waals surface area contributed by atoms with Gasteiger partial charge in [-0.1, -0.05) is 23.2 Å². The zero-order chi connectivity index (χ0) is 12.6. The van der Waals surface area contributed by atoms with Crippen LogP contribution in [0.2, 0.25) is 10.3 Å². The number of amides is 1. The summed E-state index contributed by atoms with van der Waals surface area (Å²) in [5.74, 6) is -0.0484. The highest BCUT2D eigenvalue weighted by molar-refractivity contribution is 6.33. The Kier molecular flexibility index (Phi) is 3.14. The molecule has 1 amide bonds. The van der Waals surface area contributed by atoms with E-state index >= 15 is 0 Å². The molecule has 0 spiro atoms. The molecule has 0 radical (unpaired) electrons. The van der Waals surface area contributed by atoms with Crippen LogP contribution in [0.25, 0.3) is 0 Å². The number of rotatable bonds is 1. The van der Waals surface area contributed by atoms with Crippen molar-refractivity contribution < 1.29 is 4.79 Å². The molecule has 1 aromatic heterocycles. The zero-order valence-corrected chi connectivity index (χ0v) is 11.0. The molecule has 17 heavy (non-hydrogen) atoms. The van der Waals surface area contributed by atoms with Crippen LogP contribution < -0.4 is 10.2 Å². The third kappa shape index (κ3) is 2.17.